The topological polar surface area (TPSA) is 98.5 Å². The molecule has 0 aliphatic carbocycles. The predicted octanol–water partition coefficient (Wildman–Crippen LogP) is 4.31. The molecule has 3 aromatic rings. The number of ether oxygens (including phenoxy) is 1. The minimum absolute atomic E-state index is 0.00104. The van der Waals surface area contributed by atoms with E-state index in [2.05, 4.69) is 10.4 Å². The summed E-state index contributed by atoms with van der Waals surface area (Å²) in [6, 6.07) is 4.16. The molecule has 1 aromatic carbocycles. The van der Waals surface area contributed by atoms with Gasteiger partial charge in [-0.2, -0.15) is 5.10 Å². The standard InChI is InChI=1S/C26H30F3N5O4/c1-14(15-8-7-9-16(20(15)27)21(28)29)30-22-18-11-34(19(35)10-17(18)23(36)32(6)31-22)26(5)12-33(13-26)24(37)38-25(2,3)4/h7-11,14,21H,12-13H2,1-6H3,(H,30,31)/t14-/m1/s1. The maximum atomic E-state index is 14.8. The zero-order chi connectivity index (χ0) is 28.2. The predicted molar refractivity (Wildman–Crippen MR) is 136 cm³/mol. The van der Waals surface area contributed by atoms with Gasteiger partial charge in [0.05, 0.1) is 22.5 Å². The first kappa shape index (κ1) is 27.2. The first-order chi connectivity index (χ1) is 17.6. The van der Waals surface area contributed by atoms with Gasteiger partial charge in [-0.1, -0.05) is 18.2 Å². The molecule has 1 atom stereocenters. The van der Waals surface area contributed by atoms with E-state index in [1.807, 2.05) is 0 Å². The minimum Gasteiger partial charge on any atom is -0.444 e. The highest BCUT2D eigenvalue weighted by atomic mass is 19.3. The number of anilines is 1. The number of nitrogens with one attached hydrogen (secondary N) is 1. The lowest BCUT2D eigenvalue weighted by atomic mass is 9.91. The fourth-order valence-electron chi connectivity index (χ4n) is 4.59. The Morgan fingerprint density at radius 3 is 2.39 bits per heavy atom. The number of hydrogen-bond donors (Lipinski definition) is 1. The highest BCUT2D eigenvalue weighted by Crippen LogP contribution is 2.32. The van der Waals surface area contributed by atoms with Crippen molar-refractivity contribution in [2.45, 2.75) is 58.2 Å². The number of benzene rings is 1. The summed E-state index contributed by atoms with van der Waals surface area (Å²) in [5, 5.41) is 7.65. The van der Waals surface area contributed by atoms with Crippen molar-refractivity contribution in [2.75, 3.05) is 18.4 Å². The second kappa shape index (κ2) is 9.48. The summed E-state index contributed by atoms with van der Waals surface area (Å²) >= 11 is 0. The van der Waals surface area contributed by atoms with E-state index in [4.69, 9.17) is 4.74 Å². The smallest absolute Gasteiger partial charge is 0.410 e. The van der Waals surface area contributed by atoms with Gasteiger partial charge in [0, 0.05) is 43.4 Å². The molecule has 38 heavy (non-hydrogen) atoms. The lowest BCUT2D eigenvalue weighted by molar-refractivity contribution is -0.0239. The summed E-state index contributed by atoms with van der Waals surface area (Å²) in [5.41, 5.74) is -3.11. The fourth-order valence-corrected chi connectivity index (χ4v) is 4.59. The van der Waals surface area contributed by atoms with Crippen LogP contribution in [0.5, 0.6) is 0 Å². The molecule has 0 spiro atoms. The molecule has 1 N–H and O–H groups in total. The minimum atomic E-state index is -2.98. The maximum Gasteiger partial charge on any atom is 0.410 e. The molecule has 9 nitrogen and oxygen atoms in total. The Kier molecular flexibility index (Phi) is 6.79. The molecule has 0 unspecified atom stereocenters. The third kappa shape index (κ3) is 4.99. The first-order valence-electron chi connectivity index (χ1n) is 12.1. The summed E-state index contributed by atoms with van der Waals surface area (Å²) in [7, 11) is 1.41. The summed E-state index contributed by atoms with van der Waals surface area (Å²) < 4.78 is 49.1. The zero-order valence-electron chi connectivity index (χ0n) is 22.0. The molecule has 2 aromatic heterocycles. The SMILES string of the molecule is C[C@@H](Nc1nn(C)c(=O)c2cc(=O)n(C3(C)CN(C(=O)OC(C)(C)C)C3)cc12)c1cccc(C(F)F)c1F. The van der Waals surface area contributed by atoms with Gasteiger partial charge in [-0.3, -0.25) is 9.59 Å². The van der Waals surface area contributed by atoms with Gasteiger partial charge in [0.15, 0.2) is 5.82 Å². The number of rotatable bonds is 5. The monoisotopic (exact) mass is 533 g/mol. The molecule has 1 aliphatic rings. The van der Waals surface area contributed by atoms with Gasteiger partial charge in [-0.15, -0.1) is 0 Å². The van der Waals surface area contributed by atoms with Crippen LogP contribution in [-0.2, 0) is 17.3 Å². The fraction of sp³-hybridized carbons (Fsp3) is 0.462. The quantitative estimate of drug-likeness (QED) is 0.525. The van der Waals surface area contributed by atoms with Crippen molar-refractivity contribution in [1.29, 1.82) is 0 Å². The molecule has 0 bridgehead atoms. The van der Waals surface area contributed by atoms with E-state index < -0.39 is 52.2 Å². The Labute approximate surface area is 216 Å². The van der Waals surface area contributed by atoms with Crippen molar-refractivity contribution in [2.24, 2.45) is 7.05 Å². The summed E-state index contributed by atoms with van der Waals surface area (Å²) in [6.07, 6.45) is -1.99. The van der Waals surface area contributed by atoms with E-state index in [0.29, 0.717) is 5.39 Å². The van der Waals surface area contributed by atoms with E-state index in [-0.39, 0.29) is 29.9 Å². The number of carbonyl (C=O) groups excluding carboxylic acids is 1. The molecule has 1 aliphatic heterocycles. The molecule has 12 heteroatoms. The third-order valence-electron chi connectivity index (χ3n) is 6.49. The molecule has 4 rings (SSSR count). The van der Waals surface area contributed by atoms with Crippen molar-refractivity contribution in [1.82, 2.24) is 19.2 Å². The number of halogens is 3. The Bertz CT molecular complexity index is 1520. The van der Waals surface area contributed by atoms with Crippen molar-refractivity contribution in [3.05, 3.63) is 68.1 Å². The number of nitrogens with zero attached hydrogens (tertiary/aromatic N) is 4. The van der Waals surface area contributed by atoms with Crippen LogP contribution in [0.2, 0.25) is 0 Å². The number of alkyl halides is 2. The molecule has 1 fully saturated rings. The van der Waals surface area contributed by atoms with Crippen LogP contribution in [0.25, 0.3) is 10.8 Å². The Morgan fingerprint density at radius 1 is 1.16 bits per heavy atom. The molecular weight excluding hydrogens is 503 g/mol. The largest absolute Gasteiger partial charge is 0.444 e. The molecular formula is C26H30F3N5O4. The number of pyridine rings is 1. The van der Waals surface area contributed by atoms with Crippen LogP contribution in [0.15, 0.2) is 40.1 Å². The van der Waals surface area contributed by atoms with Crippen LogP contribution in [-0.4, -0.2) is 44.0 Å². The van der Waals surface area contributed by atoms with Gasteiger partial charge >= 0.3 is 6.09 Å². The number of aryl methyl sites for hydroxylation is 1. The van der Waals surface area contributed by atoms with Crippen LogP contribution >= 0.6 is 0 Å². The zero-order valence-corrected chi connectivity index (χ0v) is 22.0. The van der Waals surface area contributed by atoms with E-state index in [0.717, 1.165) is 10.7 Å². The average Bonchev–Trinajstić information content (AvgIpc) is 2.78. The van der Waals surface area contributed by atoms with Crippen molar-refractivity contribution < 1.29 is 22.7 Å². The van der Waals surface area contributed by atoms with Gasteiger partial charge < -0.3 is 19.5 Å². The Hall–Kier alpha value is -3.83. The van der Waals surface area contributed by atoms with Crippen LogP contribution in [0.1, 0.15) is 58.2 Å². The van der Waals surface area contributed by atoms with Gasteiger partial charge in [-0.05, 0) is 34.6 Å². The van der Waals surface area contributed by atoms with E-state index in [1.165, 1.54) is 40.9 Å². The number of carbonyl (C=O) groups is 1. The van der Waals surface area contributed by atoms with Gasteiger partial charge in [-0.25, -0.2) is 22.6 Å². The van der Waals surface area contributed by atoms with Crippen LogP contribution in [0.3, 0.4) is 0 Å². The lowest BCUT2D eigenvalue weighted by Crippen LogP contribution is -2.65. The normalized spacial score (nSPS) is 15.9. The van der Waals surface area contributed by atoms with Crippen molar-refractivity contribution in [3.8, 4) is 0 Å². The third-order valence-corrected chi connectivity index (χ3v) is 6.49. The summed E-state index contributed by atoms with van der Waals surface area (Å²) in [5.74, 6) is -0.866. The molecule has 0 radical (unpaired) electrons. The molecule has 1 amide bonds. The number of aromatic nitrogens is 3. The summed E-state index contributed by atoms with van der Waals surface area (Å²) in [4.78, 5) is 39.7. The van der Waals surface area contributed by atoms with Gasteiger partial charge in [0.2, 0.25) is 0 Å². The van der Waals surface area contributed by atoms with Gasteiger partial charge in [0.25, 0.3) is 17.5 Å². The average molecular weight is 534 g/mol. The number of amides is 1. The number of fused-ring (bicyclic) bond motifs is 1. The number of hydrogen-bond acceptors (Lipinski definition) is 6. The van der Waals surface area contributed by atoms with E-state index >= 15 is 0 Å². The van der Waals surface area contributed by atoms with Crippen molar-refractivity contribution >= 4 is 22.7 Å². The molecule has 3 heterocycles. The Balaban J connectivity index is 1.72. The van der Waals surface area contributed by atoms with Crippen LogP contribution < -0.4 is 16.4 Å². The van der Waals surface area contributed by atoms with Gasteiger partial charge in [0.1, 0.15) is 11.4 Å². The second-order valence-corrected chi connectivity index (χ2v) is 10.8. The first-order valence-corrected chi connectivity index (χ1v) is 12.1. The van der Waals surface area contributed by atoms with Crippen LogP contribution in [0.4, 0.5) is 23.8 Å². The van der Waals surface area contributed by atoms with Crippen LogP contribution in [0, 0.1) is 5.82 Å². The highest BCUT2D eigenvalue weighted by molar-refractivity contribution is 5.90. The maximum absolute atomic E-state index is 14.8. The second-order valence-electron chi connectivity index (χ2n) is 10.8. The Morgan fingerprint density at radius 2 is 1.79 bits per heavy atom. The molecule has 1 saturated heterocycles. The van der Waals surface area contributed by atoms with E-state index in [9.17, 15) is 27.6 Å². The highest BCUT2D eigenvalue weighted by Gasteiger charge is 2.45. The van der Waals surface area contributed by atoms with E-state index in [1.54, 1.807) is 34.6 Å². The van der Waals surface area contributed by atoms with Crippen molar-refractivity contribution in [3.63, 3.8) is 0 Å². The molecule has 204 valence electrons. The lowest BCUT2D eigenvalue weighted by Gasteiger charge is -2.48. The molecule has 0 saturated carbocycles. The summed E-state index contributed by atoms with van der Waals surface area (Å²) in [6.45, 7) is 9.07. The number of likely N-dealkylation sites (tertiary alicyclic amines) is 1.